The average Bonchev–Trinajstić information content (AvgIpc) is 3.06. The van der Waals surface area contributed by atoms with E-state index < -0.39 is 5.97 Å². The molecule has 1 amide bonds. The van der Waals surface area contributed by atoms with Gasteiger partial charge in [-0.3, -0.25) is 9.48 Å². The number of ether oxygens (including phenoxy) is 1. The maximum atomic E-state index is 12.9. The number of hydrogen-bond acceptors (Lipinski definition) is 6. The van der Waals surface area contributed by atoms with Crippen LogP contribution in [0.25, 0.3) is 11.0 Å². The van der Waals surface area contributed by atoms with Crippen molar-refractivity contribution in [1.82, 2.24) is 14.8 Å². The van der Waals surface area contributed by atoms with E-state index in [2.05, 4.69) is 15.4 Å². The highest BCUT2D eigenvalue weighted by Gasteiger charge is 2.26. The summed E-state index contributed by atoms with van der Waals surface area (Å²) in [5, 5.41) is 8.66. The number of anilines is 1. The number of esters is 1. The molecule has 1 N–H and O–H groups in total. The zero-order valence-corrected chi connectivity index (χ0v) is 17.0. The molecule has 8 heteroatoms. The molecule has 0 saturated carbocycles. The number of hydrogen-bond donors (Lipinski definition) is 1. The van der Waals surface area contributed by atoms with E-state index in [4.69, 9.17) is 4.74 Å². The second kappa shape index (κ2) is 7.35. The van der Waals surface area contributed by atoms with Crippen LogP contribution in [0, 0.1) is 6.92 Å². The smallest absolute Gasteiger partial charge is 0.341 e. The fourth-order valence-electron chi connectivity index (χ4n) is 3.76. The number of carbonyl (C=O) groups is 2. The predicted molar refractivity (Wildman–Crippen MR) is 108 cm³/mol. The number of pyridine rings is 1. The summed E-state index contributed by atoms with van der Waals surface area (Å²) in [6, 6.07) is 1.79. The van der Waals surface area contributed by atoms with E-state index in [1.54, 1.807) is 10.7 Å². The first-order valence-electron chi connectivity index (χ1n) is 9.33. The molecule has 0 radical (unpaired) electrons. The van der Waals surface area contributed by atoms with E-state index in [0.717, 1.165) is 54.4 Å². The van der Waals surface area contributed by atoms with Gasteiger partial charge in [-0.05, 0) is 44.2 Å². The average molecular weight is 398 g/mol. The summed E-state index contributed by atoms with van der Waals surface area (Å²) < 4.78 is 6.69. The predicted octanol–water partition coefficient (Wildman–Crippen LogP) is 3.65. The molecular weight excluding hydrogens is 376 g/mol. The van der Waals surface area contributed by atoms with Gasteiger partial charge in [0, 0.05) is 23.5 Å². The van der Waals surface area contributed by atoms with Crippen LogP contribution in [0.1, 0.15) is 56.1 Å². The first-order chi connectivity index (χ1) is 13.5. The number of thiophene rings is 1. The van der Waals surface area contributed by atoms with Crippen molar-refractivity contribution in [2.45, 2.75) is 39.0 Å². The Labute approximate surface area is 166 Å². The van der Waals surface area contributed by atoms with E-state index in [9.17, 15) is 9.59 Å². The molecule has 3 aromatic heterocycles. The quantitative estimate of drug-likeness (QED) is 0.538. The minimum absolute atomic E-state index is 0.292. The van der Waals surface area contributed by atoms with Crippen LogP contribution in [0.2, 0.25) is 0 Å². The van der Waals surface area contributed by atoms with Gasteiger partial charge < -0.3 is 10.1 Å². The van der Waals surface area contributed by atoms with E-state index in [0.29, 0.717) is 16.1 Å². The normalized spacial score (nSPS) is 13.8. The lowest BCUT2D eigenvalue weighted by Gasteiger charge is -2.07. The topological polar surface area (TPSA) is 86.1 Å². The van der Waals surface area contributed by atoms with Gasteiger partial charge in [0.25, 0.3) is 5.91 Å². The Morgan fingerprint density at radius 1 is 1.25 bits per heavy atom. The van der Waals surface area contributed by atoms with E-state index in [-0.39, 0.29) is 5.91 Å². The summed E-state index contributed by atoms with van der Waals surface area (Å²) in [4.78, 5) is 30.9. The van der Waals surface area contributed by atoms with Crippen LogP contribution in [0.5, 0.6) is 0 Å². The Kier molecular flexibility index (Phi) is 4.89. The summed E-state index contributed by atoms with van der Waals surface area (Å²) in [6.45, 7) is 1.89. The molecule has 4 rings (SSSR count). The van der Waals surface area contributed by atoms with Crippen molar-refractivity contribution in [3.05, 3.63) is 39.5 Å². The fourth-order valence-corrected chi connectivity index (χ4v) is 5.03. The van der Waals surface area contributed by atoms with Crippen molar-refractivity contribution in [2.75, 3.05) is 12.4 Å². The Balaban J connectivity index is 1.69. The molecule has 0 aliphatic heterocycles. The molecule has 28 heavy (non-hydrogen) atoms. The van der Waals surface area contributed by atoms with E-state index in [1.165, 1.54) is 29.5 Å². The van der Waals surface area contributed by atoms with Gasteiger partial charge in [-0.1, -0.05) is 6.42 Å². The van der Waals surface area contributed by atoms with Gasteiger partial charge in [0.1, 0.15) is 5.00 Å². The van der Waals surface area contributed by atoms with Crippen molar-refractivity contribution in [3.63, 3.8) is 0 Å². The number of carbonyl (C=O) groups excluding carboxylic acids is 2. The third-order valence-electron chi connectivity index (χ3n) is 5.16. The van der Waals surface area contributed by atoms with Crippen molar-refractivity contribution in [3.8, 4) is 0 Å². The van der Waals surface area contributed by atoms with Crippen molar-refractivity contribution < 1.29 is 14.3 Å². The van der Waals surface area contributed by atoms with Gasteiger partial charge in [-0.2, -0.15) is 5.10 Å². The van der Waals surface area contributed by atoms with Crippen molar-refractivity contribution in [1.29, 1.82) is 0 Å². The standard InChI is InChI=1S/C20H22N4O3S/c1-11-14-9-12(10-21-17(14)24(2)23-11)18(25)22-19-16(20(26)27-3)13-7-5-4-6-8-15(13)28-19/h9-10H,4-8H2,1-3H3,(H,22,25). The van der Waals surface area contributed by atoms with Crippen LogP contribution in [0.3, 0.4) is 0 Å². The van der Waals surface area contributed by atoms with Crippen molar-refractivity contribution >= 4 is 39.2 Å². The number of aromatic nitrogens is 3. The lowest BCUT2D eigenvalue weighted by Crippen LogP contribution is -2.15. The first kappa shape index (κ1) is 18.6. The molecule has 1 aliphatic carbocycles. The number of nitrogens with zero attached hydrogens (tertiary/aromatic N) is 3. The van der Waals surface area contributed by atoms with E-state index >= 15 is 0 Å². The second-order valence-electron chi connectivity index (χ2n) is 7.02. The zero-order valence-electron chi connectivity index (χ0n) is 16.2. The summed E-state index contributed by atoms with van der Waals surface area (Å²) in [5.74, 6) is -0.689. The van der Waals surface area contributed by atoms with Crippen LogP contribution in [-0.2, 0) is 24.6 Å². The monoisotopic (exact) mass is 398 g/mol. The number of aryl methyl sites for hydroxylation is 3. The highest BCUT2D eigenvalue weighted by molar-refractivity contribution is 7.17. The number of rotatable bonds is 3. The van der Waals surface area contributed by atoms with Gasteiger partial charge >= 0.3 is 5.97 Å². The van der Waals surface area contributed by atoms with Crippen molar-refractivity contribution in [2.24, 2.45) is 7.05 Å². The molecule has 0 spiro atoms. The Morgan fingerprint density at radius 2 is 2.04 bits per heavy atom. The lowest BCUT2D eigenvalue weighted by atomic mass is 10.1. The SMILES string of the molecule is COC(=O)c1c(NC(=O)c2cnc3c(c2)c(C)nn3C)sc2c1CCCCC2. The molecule has 7 nitrogen and oxygen atoms in total. The lowest BCUT2D eigenvalue weighted by molar-refractivity contribution is 0.0601. The van der Waals surface area contributed by atoms with Crippen LogP contribution < -0.4 is 5.32 Å². The maximum Gasteiger partial charge on any atom is 0.341 e. The molecule has 0 saturated heterocycles. The molecule has 3 aromatic rings. The van der Waals surface area contributed by atoms with Gasteiger partial charge in [0.15, 0.2) is 5.65 Å². The minimum Gasteiger partial charge on any atom is -0.465 e. The van der Waals surface area contributed by atoms with Gasteiger partial charge in [0.2, 0.25) is 0 Å². The van der Waals surface area contributed by atoms with Crippen LogP contribution in [0.4, 0.5) is 5.00 Å². The maximum absolute atomic E-state index is 12.9. The molecule has 1 aliphatic rings. The number of methoxy groups -OCH3 is 1. The molecule has 0 fully saturated rings. The third-order valence-corrected chi connectivity index (χ3v) is 6.37. The highest BCUT2D eigenvalue weighted by atomic mass is 32.1. The number of amides is 1. The highest BCUT2D eigenvalue weighted by Crippen LogP contribution is 2.38. The molecule has 0 aromatic carbocycles. The van der Waals surface area contributed by atoms with Crippen LogP contribution >= 0.6 is 11.3 Å². The second-order valence-corrected chi connectivity index (χ2v) is 8.12. The Hall–Kier alpha value is -2.74. The number of fused-ring (bicyclic) bond motifs is 2. The fraction of sp³-hybridized carbons (Fsp3) is 0.400. The largest absolute Gasteiger partial charge is 0.465 e. The van der Waals surface area contributed by atoms with E-state index in [1.807, 2.05) is 14.0 Å². The summed E-state index contributed by atoms with van der Waals surface area (Å²) >= 11 is 1.48. The summed E-state index contributed by atoms with van der Waals surface area (Å²) in [7, 11) is 3.20. The molecule has 0 atom stereocenters. The first-order valence-corrected chi connectivity index (χ1v) is 10.1. The molecule has 3 heterocycles. The Morgan fingerprint density at radius 3 is 2.82 bits per heavy atom. The molecule has 0 bridgehead atoms. The Bertz CT molecular complexity index is 1080. The molecular formula is C20H22N4O3S. The summed E-state index contributed by atoms with van der Waals surface area (Å²) in [5.41, 5.74) is 3.51. The zero-order chi connectivity index (χ0) is 19.8. The third kappa shape index (κ3) is 3.17. The molecule has 0 unspecified atom stereocenters. The number of nitrogens with one attached hydrogen (secondary N) is 1. The van der Waals surface area contributed by atoms with Crippen LogP contribution in [-0.4, -0.2) is 33.8 Å². The van der Waals surface area contributed by atoms with Gasteiger partial charge in [-0.15, -0.1) is 11.3 Å². The minimum atomic E-state index is -0.397. The van der Waals surface area contributed by atoms with Gasteiger partial charge in [-0.25, -0.2) is 9.78 Å². The van der Waals surface area contributed by atoms with Gasteiger partial charge in [0.05, 0.1) is 23.9 Å². The summed E-state index contributed by atoms with van der Waals surface area (Å²) in [6.07, 6.45) is 6.61. The van der Waals surface area contributed by atoms with Crippen LogP contribution in [0.15, 0.2) is 12.3 Å². The molecule has 146 valence electrons.